The van der Waals surface area contributed by atoms with Gasteiger partial charge in [0.1, 0.15) is 34.5 Å². The first-order valence-electron chi connectivity index (χ1n) is 10.6. The average molecular weight is 489 g/mol. The highest BCUT2D eigenvalue weighted by Gasteiger charge is 2.21. The fraction of sp³-hybridized carbons (Fsp3) is 0.318. The van der Waals surface area contributed by atoms with Gasteiger partial charge in [-0.25, -0.2) is 22.2 Å². The van der Waals surface area contributed by atoms with E-state index < -0.39 is 33.0 Å². The van der Waals surface area contributed by atoms with Gasteiger partial charge in [0.25, 0.3) is 0 Å². The second kappa shape index (κ2) is 9.74. The molecule has 2 heterocycles. The number of nitrogens with zero attached hydrogens (tertiary/aromatic N) is 4. The smallest absolute Gasteiger partial charge is 0.232 e. The molecule has 178 valence electrons. The molecule has 9 nitrogen and oxygen atoms in total. The third-order valence-corrected chi connectivity index (χ3v) is 6.71. The number of hydrogen-bond donors (Lipinski definition) is 2. The maximum atomic E-state index is 15.1. The maximum absolute atomic E-state index is 15.1. The van der Waals surface area contributed by atoms with E-state index in [1.165, 1.54) is 6.07 Å². The Bertz CT molecular complexity index is 1370. The van der Waals surface area contributed by atoms with Crippen LogP contribution < -0.4 is 14.9 Å². The van der Waals surface area contributed by atoms with Gasteiger partial charge in [0.05, 0.1) is 42.1 Å². The number of benzene rings is 2. The number of aromatic nitrogens is 2. The molecule has 1 aliphatic rings. The van der Waals surface area contributed by atoms with Crippen molar-refractivity contribution in [3.05, 3.63) is 47.7 Å². The molecule has 1 aromatic heterocycles. The minimum absolute atomic E-state index is 0.0517. The van der Waals surface area contributed by atoms with E-state index in [1.807, 2.05) is 11.0 Å². The summed E-state index contributed by atoms with van der Waals surface area (Å²) in [5.41, 5.74) is -0.111. The highest BCUT2D eigenvalue weighted by molar-refractivity contribution is 7.92. The molecule has 0 radical (unpaired) electrons. The summed E-state index contributed by atoms with van der Waals surface area (Å²) in [5.74, 6) is -1.72. The SMILES string of the molecule is CCCS(=O)(=O)Nc1ccc(F)c(Nc2ccc3ncc(N4CCOCC4)nc3c2C#N)c1F. The number of nitrogens with one attached hydrogen (secondary N) is 2. The standard InChI is InChI=1S/C22H22F2N6O3S/c1-2-11-34(31,32)29-17-4-3-15(23)22(20(17)24)27-16-5-6-18-21(14(16)12-25)28-19(13-26-18)30-7-9-33-10-8-30/h3-6,13,27,29H,2,7-11H2,1H3. The Balaban J connectivity index is 1.73. The Labute approximate surface area is 195 Å². The van der Waals surface area contributed by atoms with Crippen molar-refractivity contribution >= 4 is 43.9 Å². The Hall–Kier alpha value is -3.56. The van der Waals surface area contributed by atoms with Crippen molar-refractivity contribution in [2.45, 2.75) is 13.3 Å². The lowest BCUT2D eigenvalue weighted by Crippen LogP contribution is -2.36. The van der Waals surface area contributed by atoms with E-state index in [0.717, 1.165) is 12.1 Å². The van der Waals surface area contributed by atoms with E-state index in [9.17, 15) is 18.1 Å². The number of nitriles is 1. The lowest BCUT2D eigenvalue weighted by molar-refractivity contribution is 0.122. The van der Waals surface area contributed by atoms with Gasteiger partial charge < -0.3 is 15.0 Å². The van der Waals surface area contributed by atoms with Crippen LogP contribution in [-0.4, -0.2) is 50.4 Å². The number of ether oxygens (including phenoxy) is 1. The maximum Gasteiger partial charge on any atom is 0.232 e. The summed E-state index contributed by atoms with van der Waals surface area (Å²) in [6.45, 7) is 4.00. The van der Waals surface area contributed by atoms with Gasteiger partial charge in [-0.05, 0) is 30.7 Å². The van der Waals surface area contributed by atoms with Crippen molar-refractivity contribution in [2.75, 3.05) is 47.0 Å². The summed E-state index contributed by atoms with van der Waals surface area (Å²) in [6, 6.07) is 7.04. The second-order valence-electron chi connectivity index (χ2n) is 7.63. The van der Waals surface area contributed by atoms with Crippen LogP contribution in [0.4, 0.5) is 31.7 Å². The van der Waals surface area contributed by atoms with Gasteiger partial charge in [-0.3, -0.25) is 9.71 Å². The number of fused-ring (bicyclic) bond motifs is 1. The zero-order valence-corrected chi connectivity index (χ0v) is 19.1. The number of rotatable bonds is 7. The Kier molecular flexibility index (Phi) is 6.76. The molecule has 34 heavy (non-hydrogen) atoms. The van der Waals surface area contributed by atoms with Crippen LogP contribution in [0.1, 0.15) is 18.9 Å². The number of halogens is 2. The minimum atomic E-state index is -3.79. The Morgan fingerprint density at radius 1 is 1.18 bits per heavy atom. The van der Waals surface area contributed by atoms with E-state index in [1.54, 1.807) is 19.2 Å². The van der Waals surface area contributed by atoms with Crippen LogP contribution in [0.3, 0.4) is 0 Å². The topological polar surface area (TPSA) is 120 Å². The van der Waals surface area contributed by atoms with Crippen LogP contribution in [0, 0.1) is 23.0 Å². The lowest BCUT2D eigenvalue weighted by Gasteiger charge is -2.27. The Morgan fingerprint density at radius 2 is 1.91 bits per heavy atom. The summed E-state index contributed by atoms with van der Waals surface area (Å²) >= 11 is 0. The largest absolute Gasteiger partial charge is 0.378 e. The third-order valence-electron chi connectivity index (χ3n) is 5.24. The van der Waals surface area contributed by atoms with E-state index >= 15 is 4.39 Å². The predicted molar refractivity (Wildman–Crippen MR) is 125 cm³/mol. The summed E-state index contributed by atoms with van der Waals surface area (Å²) in [5, 5.41) is 12.4. The first-order valence-corrected chi connectivity index (χ1v) is 12.3. The van der Waals surface area contributed by atoms with Crippen LogP contribution >= 0.6 is 0 Å². The van der Waals surface area contributed by atoms with Crippen molar-refractivity contribution in [1.29, 1.82) is 5.26 Å². The normalized spacial score (nSPS) is 14.1. The second-order valence-corrected chi connectivity index (χ2v) is 9.47. The molecule has 0 saturated carbocycles. The zero-order valence-electron chi connectivity index (χ0n) is 18.3. The molecule has 2 aromatic carbocycles. The number of hydrogen-bond acceptors (Lipinski definition) is 8. The molecule has 0 atom stereocenters. The molecule has 0 spiro atoms. The van der Waals surface area contributed by atoms with E-state index in [2.05, 4.69) is 20.0 Å². The quantitative estimate of drug-likeness (QED) is 0.518. The van der Waals surface area contributed by atoms with Crippen molar-refractivity contribution in [2.24, 2.45) is 0 Å². The van der Waals surface area contributed by atoms with Crippen LogP contribution in [0.2, 0.25) is 0 Å². The summed E-state index contributed by atoms with van der Waals surface area (Å²) < 4.78 is 61.2. The number of morpholine rings is 1. The molecule has 0 bridgehead atoms. The van der Waals surface area contributed by atoms with Crippen molar-refractivity contribution < 1.29 is 21.9 Å². The summed E-state index contributed by atoms with van der Waals surface area (Å²) in [6.07, 6.45) is 1.94. The van der Waals surface area contributed by atoms with Crippen molar-refractivity contribution in [3.63, 3.8) is 0 Å². The first kappa shape index (κ1) is 23.6. The molecule has 1 fully saturated rings. The monoisotopic (exact) mass is 488 g/mol. The predicted octanol–water partition coefficient (Wildman–Crippen LogP) is 3.51. The average Bonchev–Trinajstić information content (AvgIpc) is 2.83. The molecule has 3 aromatic rings. The van der Waals surface area contributed by atoms with E-state index in [0.29, 0.717) is 44.1 Å². The molecule has 0 amide bonds. The molecule has 1 aliphatic heterocycles. The molecule has 1 saturated heterocycles. The van der Waals surface area contributed by atoms with E-state index in [-0.39, 0.29) is 22.5 Å². The highest BCUT2D eigenvalue weighted by atomic mass is 32.2. The molecule has 12 heteroatoms. The summed E-state index contributed by atoms with van der Waals surface area (Å²) in [7, 11) is -3.79. The molecule has 4 rings (SSSR count). The lowest BCUT2D eigenvalue weighted by atomic mass is 10.1. The van der Waals surface area contributed by atoms with Gasteiger partial charge in [0, 0.05) is 13.1 Å². The van der Waals surface area contributed by atoms with Crippen LogP contribution in [0.5, 0.6) is 0 Å². The van der Waals surface area contributed by atoms with Gasteiger partial charge in [-0.2, -0.15) is 5.26 Å². The van der Waals surface area contributed by atoms with Crippen LogP contribution in [0.15, 0.2) is 30.5 Å². The van der Waals surface area contributed by atoms with Gasteiger partial charge in [-0.15, -0.1) is 0 Å². The van der Waals surface area contributed by atoms with Gasteiger partial charge in [0.2, 0.25) is 10.0 Å². The first-order chi connectivity index (χ1) is 16.3. The fourth-order valence-corrected chi connectivity index (χ4v) is 4.73. The molecule has 0 aliphatic carbocycles. The molecule has 2 N–H and O–H groups in total. The van der Waals surface area contributed by atoms with Crippen molar-refractivity contribution in [3.8, 4) is 6.07 Å². The number of sulfonamides is 1. The van der Waals surface area contributed by atoms with Crippen LogP contribution in [0.25, 0.3) is 11.0 Å². The third kappa shape index (κ3) is 4.85. The Morgan fingerprint density at radius 3 is 2.62 bits per heavy atom. The molecule has 0 unspecified atom stereocenters. The molecular formula is C22H22F2N6O3S. The molecular weight excluding hydrogens is 466 g/mol. The van der Waals surface area contributed by atoms with Gasteiger partial charge in [0.15, 0.2) is 5.82 Å². The number of anilines is 4. The summed E-state index contributed by atoms with van der Waals surface area (Å²) in [4.78, 5) is 10.9. The highest BCUT2D eigenvalue weighted by Crippen LogP contribution is 2.32. The van der Waals surface area contributed by atoms with Gasteiger partial charge >= 0.3 is 0 Å². The fourth-order valence-electron chi connectivity index (χ4n) is 3.60. The minimum Gasteiger partial charge on any atom is -0.378 e. The van der Waals surface area contributed by atoms with E-state index in [4.69, 9.17) is 4.74 Å². The zero-order chi connectivity index (χ0) is 24.3. The van der Waals surface area contributed by atoms with Crippen molar-refractivity contribution in [1.82, 2.24) is 9.97 Å². The van der Waals surface area contributed by atoms with Crippen LogP contribution in [-0.2, 0) is 14.8 Å². The van der Waals surface area contributed by atoms with Gasteiger partial charge in [-0.1, -0.05) is 6.92 Å².